The van der Waals surface area contributed by atoms with Crippen LogP contribution in [0, 0.1) is 13.8 Å². The molecule has 3 rings (SSSR count). The summed E-state index contributed by atoms with van der Waals surface area (Å²) in [6.07, 6.45) is 0.311. The van der Waals surface area contributed by atoms with Crippen LogP contribution in [0.25, 0.3) is 0 Å². The number of hydrogen-bond donors (Lipinski definition) is 1. The predicted octanol–water partition coefficient (Wildman–Crippen LogP) is 2.81. The molecular weight excluding hydrogens is 345 g/mol. The molecule has 0 bridgehead atoms. The number of alkyl halides is 1. The minimum Gasteiger partial charge on any atom is -0.349 e. The van der Waals surface area contributed by atoms with Crippen molar-refractivity contribution < 1.29 is 9.18 Å². The molecule has 2 aromatic rings. The van der Waals surface area contributed by atoms with Gasteiger partial charge in [-0.05, 0) is 37.1 Å². The van der Waals surface area contributed by atoms with E-state index in [0.29, 0.717) is 21.8 Å². The van der Waals surface area contributed by atoms with E-state index < -0.39 is 17.1 Å². The van der Waals surface area contributed by atoms with Crippen molar-refractivity contribution in [2.75, 3.05) is 0 Å². The Hall–Kier alpha value is -2.21. The largest absolute Gasteiger partial charge is 0.349 e. The van der Waals surface area contributed by atoms with Gasteiger partial charge in [0, 0.05) is 31.0 Å². The monoisotopic (exact) mass is 363 g/mol. The van der Waals surface area contributed by atoms with Gasteiger partial charge in [-0.1, -0.05) is 23.7 Å². The van der Waals surface area contributed by atoms with Crippen LogP contribution in [-0.4, -0.2) is 21.7 Å². The summed E-state index contributed by atoms with van der Waals surface area (Å²) in [6.45, 7) is 3.42. The third-order valence-electron chi connectivity index (χ3n) is 4.77. The van der Waals surface area contributed by atoms with Gasteiger partial charge in [0.15, 0.2) is 0 Å². The molecule has 1 fully saturated rings. The molecule has 132 valence electrons. The molecule has 25 heavy (non-hydrogen) atoms. The number of carbonyl (C=O) groups excluding carboxylic acids is 1. The maximum absolute atomic E-state index is 14.9. The zero-order valence-corrected chi connectivity index (χ0v) is 15.0. The number of carbonyl (C=O) groups is 1. The first-order chi connectivity index (χ1) is 11.7. The van der Waals surface area contributed by atoms with Gasteiger partial charge in [-0.25, -0.2) is 9.07 Å². The van der Waals surface area contributed by atoms with Gasteiger partial charge in [-0.2, -0.15) is 5.10 Å². The highest BCUT2D eigenvalue weighted by molar-refractivity contribution is 6.30. The van der Waals surface area contributed by atoms with E-state index in [9.17, 15) is 14.0 Å². The first kappa shape index (κ1) is 17.6. The van der Waals surface area contributed by atoms with Crippen LogP contribution in [0.1, 0.15) is 40.0 Å². The summed E-state index contributed by atoms with van der Waals surface area (Å²) in [4.78, 5) is 24.7. The first-order valence-corrected chi connectivity index (χ1v) is 8.39. The normalized spacial score (nSPS) is 22.4. The molecule has 1 aromatic carbocycles. The van der Waals surface area contributed by atoms with Gasteiger partial charge in [-0.3, -0.25) is 9.59 Å². The third-order valence-corrected chi connectivity index (χ3v) is 5.00. The van der Waals surface area contributed by atoms with Crippen LogP contribution in [0.2, 0.25) is 5.02 Å². The Morgan fingerprint density at radius 2 is 2.08 bits per heavy atom. The lowest BCUT2D eigenvalue weighted by Gasteiger charge is -2.42. The third kappa shape index (κ3) is 3.18. The highest BCUT2D eigenvalue weighted by atomic mass is 35.5. The molecular formula is C18H19ClFN3O2. The fourth-order valence-electron chi connectivity index (χ4n) is 3.20. The standard InChI is InChI=1S/C18H19ClFN3O2/c1-10-11(2)22-23(3)17(25)15(10)16(24)21-14-8-18(20,9-14)12-5-4-6-13(19)7-12/h4-7,14H,8-9H2,1-3H3,(H,21,24). The van der Waals surface area contributed by atoms with E-state index in [1.807, 2.05) is 0 Å². The van der Waals surface area contributed by atoms with Gasteiger partial charge in [0.1, 0.15) is 11.2 Å². The molecule has 0 atom stereocenters. The fourth-order valence-corrected chi connectivity index (χ4v) is 3.39. The van der Waals surface area contributed by atoms with E-state index in [1.165, 1.54) is 7.05 Å². The lowest BCUT2D eigenvalue weighted by molar-refractivity contribution is 0.0247. The van der Waals surface area contributed by atoms with Crippen molar-refractivity contribution in [3.8, 4) is 0 Å². The Morgan fingerprint density at radius 3 is 2.72 bits per heavy atom. The second-order valence-corrected chi connectivity index (χ2v) is 7.00. The summed E-state index contributed by atoms with van der Waals surface area (Å²) in [6, 6.07) is 6.37. The number of amides is 1. The minimum atomic E-state index is -1.50. The topological polar surface area (TPSA) is 64.0 Å². The van der Waals surface area contributed by atoms with Crippen molar-refractivity contribution in [1.29, 1.82) is 0 Å². The predicted molar refractivity (Wildman–Crippen MR) is 93.7 cm³/mol. The average Bonchev–Trinajstić information content (AvgIpc) is 2.51. The summed E-state index contributed by atoms with van der Waals surface area (Å²) in [5.41, 5.74) is -0.231. The number of rotatable bonds is 3. The molecule has 0 spiro atoms. The molecule has 1 aliphatic carbocycles. The van der Waals surface area contributed by atoms with Crippen LogP contribution in [0.15, 0.2) is 29.1 Å². The number of hydrogen-bond acceptors (Lipinski definition) is 3. The number of nitrogens with one attached hydrogen (secondary N) is 1. The molecule has 1 aliphatic rings. The second-order valence-electron chi connectivity index (χ2n) is 6.57. The smallest absolute Gasteiger partial charge is 0.279 e. The van der Waals surface area contributed by atoms with Crippen LogP contribution < -0.4 is 10.9 Å². The van der Waals surface area contributed by atoms with Gasteiger partial charge < -0.3 is 5.32 Å². The highest BCUT2D eigenvalue weighted by Gasteiger charge is 2.47. The minimum absolute atomic E-state index is 0.0640. The van der Waals surface area contributed by atoms with Gasteiger partial charge in [0.2, 0.25) is 0 Å². The summed E-state index contributed by atoms with van der Waals surface area (Å²) in [5, 5.41) is 7.29. The second kappa shape index (κ2) is 6.26. The van der Waals surface area contributed by atoms with E-state index in [1.54, 1.807) is 38.1 Å². The zero-order valence-electron chi connectivity index (χ0n) is 14.3. The van der Waals surface area contributed by atoms with Crippen molar-refractivity contribution in [3.63, 3.8) is 0 Å². The lowest BCUT2D eigenvalue weighted by Crippen LogP contribution is -2.52. The molecule has 1 N–H and O–H groups in total. The van der Waals surface area contributed by atoms with Crippen molar-refractivity contribution in [1.82, 2.24) is 15.1 Å². The van der Waals surface area contributed by atoms with E-state index in [4.69, 9.17) is 11.6 Å². The van der Waals surface area contributed by atoms with Crippen molar-refractivity contribution >= 4 is 17.5 Å². The molecule has 1 amide bonds. The van der Waals surface area contributed by atoms with Crippen LogP contribution in [0.4, 0.5) is 4.39 Å². The number of benzene rings is 1. The molecule has 0 radical (unpaired) electrons. The molecule has 0 unspecified atom stereocenters. The Kier molecular flexibility index (Phi) is 4.41. The molecule has 1 aromatic heterocycles. The zero-order chi connectivity index (χ0) is 18.4. The van der Waals surface area contributed by atoms with E-state index in [0.717, 1.165) is 4.68 Å². The van der Waals surface area contributed by atoms with Crippen LogP contribution in [0.3, 0.4) is 0 Å². The lowest BCUT2D eigenvalue weighted by atomic mass is 9.73. The summed E-state index contributed by atoms with van der Waals surface area (Å²) in [5.74, 6) is -0.484. The number of aromatic nitrogens is 2. The summed E-state index contributed by atoms with van der Waals surface area (Å²) in [7, 11) is 1.50. The quantitative estimate of drug-likeness (QED) is 0.912. The molecule has 5 nitrogen and oxygen atoms in total. The van der Waals surface area contributed by atoms with Gasteiger partial charge in [0.25, 0.3) is 11.5 Å². The Bertz CT molecular complexity index is 904. The summed E-state index contributed by atoms with van der Waals surface area (Å²) < 4.78 is 16.1. The first-order valence-electron chi connectivity index (χ1n) is 8.01. The Balaban J connectivity index is 1.74. The van der Waals surface area contributed by atoms with Crippen molar-refractivity contribution in [2.45, 2.75) is 38.4 Å². The van der Waals surface area contributed by atoms with Gasteiger partial charge in [-0.15, -0.1) is 0 Å². The average molecular weight is 364 g/mol. The van der Waals surface area contributed by atoms with E-state index >= 15 is 0 Å². The maximum atomic E-state index is 14.9. The summed E-state index contributed by atoms with van der Waals surface area (Å²) >= 11 is 5.92. The number of aryl methyl sites for hydroxylation is 2. The van der Waals surface area contributed by atoms with Crippen LogP contribution >= 0.6 is 11.6 Å². The SMILES string of the molecule is Cc1nn(C)c(=O)c(C(=O)NC2CC(F)(c3cccc(Cl)c3)C2)c1C. The molecule has 1 saturated carbocycles. The Morgan fingerprint density at radius 1 is 1.40 bits per heavy atom. The molecule has 0 aliphatic heterocycles. The molecule has 0 saturated heterocycles. The van der Waals surface area contributed by atoms with Crippen molar-refractivity contribution in [3.05, 3.63) is 62.0 Å². The number of halogens is 2. The Labute approximate surface area is 149 Å². The van der Waals surface area contributed by atoms with Gasteiger partial charge >= 0.3 is 0 Å². The number of nitrogens with zero attached hydrogens (tertiary/aromatic N) is 2. The maximum Gasteiger partial charge on any atom is 0.279 e. The van der Waals surface area contributed by atoms with Crippen LogP contribution in [0.5, 0.6) is 0 Å². The molecule has 1 heterocycles. The van der Waals surface area contributed by atoms with Crippen LogP contribution in [-0.2, 0) is 12.7 Å². The molecule has 7 heteroatoms. The van der Waals surface area contributed by atoms with E-state index in [-0.39, 0.29) is 24.4 Å². The van der Waals surface area contributed by atoms with Crippen molar-refractivity contribution in [2.24, 2.45) is 7.05 Å². The fraction of sp³-hybridized carbons (Fsp3) is 0.389. The van der Waals surface area contributed by atoms with Gasteiger partial charge in [0.05, 0.1) is 5.69 Å². The highest BCUT2D eigenvalue weighted by Crippen LogP contribution is 2.45. The van der Waals surface area contributed by atoms with E-state index in [2.05, 4.69) is 10.4 Å².